The fourth-order valence-corrected chi connectivity index (χ4v) is 6.84. The highest BCUT2D eigenvalue weighted by molar-refractivity contribution is 6.39. The third-order valence-electron chi connectivity index (χ3n) is 10.9. The number of piperidine rings is 1. The van der Waals surface area contributed by atoms with Gasteiger partial charge >= 0.3 is 5.97 Å². The van der Waals surface area contributed by atoms with Crippen LogP contribution < -0.4 is 0 Å². The number of Topliss-reactive ketones (excluding diaryl/α,β-unsaturated/α-hetero) is 3. The molecule has 0 aromatic carbocycles. The van der Waals surface area contributed by atoms with E-state index in [0.717, 1.165) is 38.5 Å². The van der Waals surface area contributed by atoms with Crippen molar-refractivity contribution in [1.82, 2.24) is 4.90 Å². The van der Waals surface area contributed by atoms with E-state index in [1.165, 1.54) is 4.90 Å². The molecule has 2 saturated heterocycles. The highest BCUT2D eigenvalue weighted by Crippen LogP contribution is 2.50. The van der Waals surface area contributed by atoms with Gasteiger partial charge in [-0.05, 0) is 89.9 Å². The third kappa shape index (κ3) is 10.2. The van der Waals surface area contributed by atoms with Gasteiger partial charge in [0.2, 0.25) is 0 Å². The number of esters is 1. The minimum atomic E-state index is -1.28. The van der Waals surface area contributed by atoms with Crippen molar-refractivity contribution in [3.63, 3.8) is 0 Å². The van der Waals surface area contributed by atoms with Gasteiger partial charge in [0.15, 0.2) is 0 Å². The predicted octanol–water partition coefficient (Wildman–Crippen LogP) is 7.36. The summed E-state index contributed by atoms with van der Waals surface area (Å²) in [6, 6.07) is -0.955. The maximum atomic E-state index is 14.2. The number of hydrogen-bond acceptors (Lipinski definition) is 7. The zero-order valence-corrected chi connectivity index (χ0v) is 29.6. The number of amides is 1. The van der Waals surface area contributed by atoms with Gasteiger partial charge in [-0.2, -0.15) is 0 Å². The molecule has 4 unspecified atom stereocenters. The Balaban J connectivity index is 1.81. The molecule has 0 N–H and O–H groups in total. The Labute approximate surface area is 282 Å². The van der Waals surface area contributed by atoms with E-state index in [9.17, 15) is 24.0 Å². The van der Waals surface area contributed by atoms with Crippen LogP contribution in [0.3, 0.4) is 0 Å². The molecule has 2 bridgehead atoms. The zero-order valence-electron chi connectivity index (χ0n) is 29.6. The van der Waals surface area contributed by atoms with Crippen LogP contribution in [0.2, 0.25) is 0 Å². The maximum Gasteiger partial charge on any atom is 0.328 e. The van der Waals surface area contributed by atoms with Crippen molar-refractivity contribution < 1.29 is 33.4 Å². The molecule has 0 spiro atoms. The van der Waals surface area contributed by atoms with Gasteiger partial charge in [-0.3, -0.25) is 19.2 Å². The Bertz CT molecular complexity index is 1260. The Hall–Kier alpha value is -3.13. The van der Waals surface area contributed by atoms with Gasteiger partial charge in [0, 0.05) is 31.2 Å². The van der Waals surface area contributed by atoms with Crippen LogP contribution in [0.25, 0.3) is 0 Å². The number of nitrogens with zero attached hydrogens (tertiary/aromatic N) is 1. The summed E-state index contributed by atoms with van der Waals surface area (Å²) in [4.78, 5) is 67.9. The molecule has 3 rings (SSSR count). The molecule has 2 fully saturated rings. The molecule has 3 aliphatic rings. The number of hydrogen-bond donors (Lipinski definition) is 0. The first-order valence-electron chi connectivity index (χ1n) is 17.6. The van der Waals surface area contributed by atoms with Crippen molar-refractivity contribution in [3.8, 4) is 0 Å². The average Bonchev–Trinajstić information content (AvgIpc) is 3.01. The van der Waals surface area contributed by atoms with Crippen LogP contribution in [0.15, 0.2) is 48.6 Å². The van der Waals surface area contributed by atoms with E-state index in [0.29, 0.717) is 32.1 Å². The summed E-state index contributed by atoms with van der Waals surface area (Å²) in [5.74, 6) is -1.77. The molecular weight excluding hydrogens is 594 g/mol. The summed E-state index contributed by atoms with van der Waals surface area (Å²) >= 11 is 0. The Kier molecular flexibility index (Phi) is 14.1. The minimum Gasteiger partial charge on any atom is -0.464 e. The molecule has 47 heavy (non-hydrogen) atoms. The van der Waals surface area contributed by atoms with Crippen molar-refractivity contribution in [3.05, 3.63) is 48.6 Å². The number of fused-ring (bicyclic) bond motifs is 3. The van der Waals surface area contributed by atoms with Crippen molar-refractivity contribution in [2.45, 2.75) is 148 Å². The first-order chi connectivity index (χ1) is 22.2. The van der Waals surface area contributed by atoms with Crippen LogP contribution in [0, 0.1) is 11.3 Å². The summed E-state index contributed by atoms with van der Waals surface area (Å²) in [6.45, 7) is 11.6. The number of ether oxygens (including phenoxy) is 2. The highest BCUT2D eigenvalue weighted by Gasteiger charge is 2.58. The van der Waals surface area contributed by atoms with E-state index in [1.807, 2.05) is 44.2 Å². The molecule has 8 heteroatoms. The van der Waals surface area contributed by atoms with Crippen molar-refractivity contribution in [2.75, 3.05) is 6.61 Å². The van der Waals surface area contributed by atoms with E-state index in [1.54, 1.807) is 13.0 Å². The van der Waals surface area contributed by atoms with Crippen LogP contribution >= 0.6 is 0 Å². The molecule has 1 amide bonds. The van der Waals surface area contributed by atoms with Gasteiger partial charge in [0.05, 0.1) is 12.7 Å². The lowest BCUT2D eigenvalue weighted by Gasteiger charge is -2.58. The predicted molar refractivity (Wildman–Crippen MR) is 183 cm³/mol. The van der Waals surface area contributed by atoms with Gasteiger partial charge in [0.1, 0.15) is 23.2 Å². The van der Waals surface area contributed by atoms with Crippen LogP contribution in [0.4, 0.5) is 0 Å². The fourth-order valence-electron chi connectivity index (χ4n) is 6.84. The fraction of sp³-hybridized carbons (Fsp3) is 0.667. The zero-order chi connectivity index (χ0) is 34.7. The topological polar surface area (TPSA) is 107 Å². The molecule has 0 aliphatic carbocycles. The Morgan fingerprint density at radius 1 is 0.745 bits per heavy atom. The largest absolute Gasteiger partial charge is 0.464 e. The average molecular weight is 652 g/mol. The van der Waals surface area contributed by atoms with Gasteiger partial charge in [-0.15, -0.1) is 0 Å². The first-order valence-corrected chi connectivity index (χ1v) is 17.6. The highest BCUT2D eigenvalue weighted by atomic mass is 16.5. The number of carbonyl (C=O) groups is 5. The molecule has 0 radical (unpaired) electrons. The number of carbonyl (C=O) groups excluding carboxylic acids is 5. The second kappa shape index (κ2) is 17.3. The lowest BCUT2D eigenvalue weighted by atomic mass is 9.60. The standard InChI is InChI=1S/C39H57NO7/c1-29-28-33-36(45)46-27-25-31(42)22-17-14-16-21-30(41)20-15-12-10-8-7-9-11-13-18-23-32-24-19-26-39(6,47-32)34(43)35(44)40(33)38(4,5)37(29,2)3/h7-11,13-14,17,29,32-33H,12,15-16,18-28H2,1-6H3. The summed E-state index contributed by atoms with van der Waals surface area (Å²) < 4.78 is 12.0. The van der Waals surface area contributed by atoms with Crippen LogP contribution in [0.5, 0.6) is 0 Å². The molecule has 3 aliphatic heterocycles. The van der Waals surface area contributed by atoms with Crippen LogP contribution in [-0.2, 0) is 33.4 Å². The monoisotopic (exact) mass is 651 g/mol. The number of cyclic esters (lactones) is 1. The van der Waals surface area contributed by atoms with Gasteiger partial charge < -0.3 is 14.4 Å². The SMILES string of the molecule is CC1CC2C(=O)OCCC(=O)CC=CCCC(=O)CCCC=CC=CC=CCCC3CCCC(C)(O3)C(=O)C(=O)N2C(C)(C)C1(C)C. The molecule has 260 valence electrons. The Morgan fingerprint density at radius 3 is 2.17 bits per heavy atom. The van der Waals surface area contributed by atoms with E-state index in [4.69, 9.17) is 9.47 Å². The molecule has 8 nitrogen and oxygen atoms in total. The van der Waals surface area contributed by atoms with E-state index in [-0.39, 0.29) is 43.0 Å². The number of rotatable bonds is 0. The quantitative estimate of drug-likeness (QED) is 0.153. The van der Waals surface area contributed by atoms with Crippen molar-refractivity contribution in [2.24, 2.45) is 11.3 Å². The molecule has 3 heterocycles. The minimum absolute atomic E-state index is 0.0459. The molecule has 0 aromatic rings. The second-order valence-electron chi connectivity index (χ2n) is 14.7. The van der Waals surface area contributed by atoms with Crippen LogP contribution in [-0.4, -0.2) is 64.0 Å². The smallest absolute Gasteiger partial charge is 0.328 e. The summed E-state index contributed by atoms with van der Waals surface area (Å²) in [6.07, 6.45) is 22.8. The Morgan fingerprint density at radius 2 is 1.45 bits per heavy atom. The maximum absolute atomic E-state index is 14.2. The molecule has 4 atom stereocenters. The number of ketones is 3. The van der Waals surface area contributed by atoms with Crippen molar-refractivity contribution in [1.29, 1.82) is 0 Å². The normalized spacial score (nSPS) is 31.0. The van der Waals surface area contributed by atoms with Crippen LogP contribution in [0.1, 0.15) is 125 Å². The summed E-state index contributed by atoms with van der Waals surface area (Å²) in [5.41, 5.74) is -2.53. The number of allylic oxidation sites excluding steroid dienone is 8. The lowest BCUT2D eigenvalue weighted by molar-refractivity contribution is -0.187. The third-order valence-corrected chi connectivity index (χ3v) is 10.9. The van der Waals surface area contributed by atoms with Crippen molar-refractivity contribution >= 4 is 29.2 Å². The first kappa shape index (κ1) is 38.3. The summed E-state index contributed by atoms with van der Waals surface area (Å²) in [7, 11) is 0. The van der Waals surface area contributed by atoms with Gasteiger partial charge in [0.25, 0.3) is 11.7 Å². The molecule has 0 saturated carbocycles. The van der Waals surface area contributed by atoms with E-state index >= 15 is 0 Å². The van der Waals surface area contributed by atoms with Gasteiger partial charge in [-0.25, -0.2) is 4.79 Å². The van der Waals surface area contributed by atoms with E-state index < -0.39 is 40.3 Å². The van der Waals surface area contributed by atoms with Gasteiger partial charge in [-0.1, -0.05) is 69.4 Å². The molecular formula is C39H57NO7. The van der Waals surface area contributed by atoms with E-state index in [2.05, 4.69) is 32.9 Å². The lowest BCUT2D eigenvalue weighted by Crippen LogP contribution is -2.70. The molecule has 0 aromatic heterocycles. The summed E-state index contributed by atoms with van der Waals surface area (Å²) in [5, 5.41) is 0. The second-order valence-corrected chi connectivity index (χ2v) is 14.7.